The van der Waals surface area contributed by atoms with Crippen LogP contribution >= 0.6 is 0 Å². The van der Waals surface area contributed by atoms with Gasteiger partial charge in [0, 0.05) is 13.0 Å². The maximum Gasteiger partial charge on any atom is 0.107 e. The van der Waals surface area contributed by atoms with Crippen LogP contribution in [0.25, 0.3) is 0 Å². The second kappa shape index (κ2) is 3.52. The Kier molecular flexibility index (Phi) is 2.87. The van der Waals surface area contributed by atoms with E-state index in [0.29, 0.717) is 6.61 Å². The number of hydrogen-bond donors (Lipinski definition) is 1. The standard InChI is InChI=1S/C8H16O3/c1-5-6(2)11-7(4-10-3)8(5)9/h5-9H,4H2,1-3H3/t5?,6-,7+,8?/m0/s1. The van der Waals surface area contributed by atoms with E-state index in [-0.39, 0.29) is 24.2 Å². The highest BCUT2D eigenvalue weighted by molar-refractivity contribution is 4.85. The topological polar surface area (TPSA) is 38.7 Å². The Labute approximate surface area is 67.3 Å². The maximum absolute atomic E-state index is 9.55. The van der Waals surface area contributed by atoms with Crippen LogP contribution in [0.15, 0.2) is 0 Å². The van der Waals surface area contributed by atoms with Crippen molar-refractivity contribution in [2.45, 2.75) is 32.2 Å². The van der Waals surface area contributed by atoms with Crippen LogP contribution in [0.5, 0.6) is 0 Å². The van der Waals surface area contributed by atoms with Gasteiger partial charge in [-0.15, -0.1) is 0 Å². The van der Waals surface area contributed by atoms with E-state index in [4.69, 9.17) is 9.47 Å². The quantitative estimate of drug-likeness (QED) is 0.636. The number of aliphatic hydroxyl groups is 1. The van der Waals surface area contributed by atoms with Gasteiger partial charge in [0.2, 0.25) is 0 Å². The summed E-state index contributed by atoms with van der Waals surface area (Å²) in [5.41, 5.74) is 0. The molecular formula is C8H16O3. The van der Waals surface area contributed by atoms with Gasteiger partial charge in [0.1, 0.15) is 6.10 Å². The van der Waals surface area contributed by atoms with Crippen molar-refractivity contribution in [1.82, 2.24) is 0 Å². The van der Waals surface area contributed by atoms with Crippen LogP contribution < -0.4 is 0 Å². The summed E-state index contributed by atoms with van der Waals surface area (Å²) < 4.78 is 10.4. The molecule has 0 aliphatic carbocycles. The van der Waals surface area contributed by atoms with Gasteiger partial charge in [-0.05, 0) is 6.92 Å². The summed E-state index contributed by atoms with van der Waals surface area (Å²) in [7, 11) is 1.61. The van der Waals surface area contributed by atoms with Gasteiger partial charge in [0.25, 0.3) is 0 Å². The van der Waals surface area contributed by atoms with Crippen LogP contribution in [-0.4, -0.2) is 37.1 Å². The molecule has 0 aromatic carbocycles. The number of ether oxygens (including phenoxy) is 2. The van der Waals surface area contributed by atoms with E-state index < -0.39 is 0 Å². The van der Waals surface area contributed by atoms with Gasteiger partial charge < -0.3 is 14.6 Å². The Balaban J connectivity index is 2.45. The molecule has 0 bridgehead atoms. The minimum Gasteiger partial charge on any atom is -0.390 e. The van der Waals surface area contributed by atoms with Crippen molar-refractivity contribution < 1.29 is 14.6 Å². The molecule has 1 aliphatic heterocycles. The molecule has 0 aromatic rings. The third kappa shape index (κ3) is 1.72. The van der Waals surface area contributed by atoms with Crippen LogP contribution in [0.3, 0.4) is 0 Å². The molecule has 0 amide bonds. The summed E-state index contributed by atoms with van der Waals surface area (Å²) in [6, 6.07) is 0. The van der Waals surface area contributed by atoms with Crippen LogP contribution in [-0.2, 0) is 9.47 Å². The van der Waals surface area contributed by atoms with Crippen molar-refractivity contribution in [2.75, 3.05) is 13.7 Å². The third-order valence-electron chi connectivity index (χ3n) is 2.38. The monoisotopic (exact) mass is 160 g/mol. The summed E-state index contributed by atoms with van der Waals surface area (Å²) in [5.74, 6) is 0.218. The predicted octanol–water partition coefficient (Wildman–Crippen LogP) is 0.417. The zero-order valence-electron chi connectivity index (χ0n) is 7.28. The highest BCUT2D eigenvalue weighted by atomic mass is 16.6. The second-order valence-electron chi connectivity index (χ2n) is 3.18. The minimum absolute atomic E-state index is 0.134. The molecule has 0 aromatic heterocycles. The van der Waals surface area contributed by atoms with E-state index in [2.05, 4.69) is 0 Å². The van der Waals surface area contributed by atoms with Crippen LogP contribution in [0.2, 0.25) is 0 Å². The van der Waals surface area contributed by atoms with Gasteiger partial charge in [-0.1, -0.05) is 6.92 Å². The lowest BCUT2D eigenvalue weighted by Crippen LogP contribution is -2.28. The molecule has 3 nitrogen and oxygen atoms in total. The van der Waals surface area contributed by atoms with Crippen molar-refractivity contribution in [1.29, 1.82) is 0 Å². The van der Waals surface area contributed by atoms with Crippen LogP contribution in [0.1, 0.15) is 13.8 Å². The van der Waals surface area contributed by atoms with E-state index in [9.17, 15) is 5.11 Å². The van der Waals surface area contributed by atoms with Crippen LogP contribution in [0, 0.1) is 5.92 Å². The molecule has 2 unspecified atom stereocenters. The van der Waals surface area contributed by atoms with E-state index in [1.807, 2.05) is 13.8 Å². The predicted molar refractivity (Wildman–Crippen MR) is 41.4 cm³/mol. The zero-order chi connectivity index (χ0) is 8.43. The van der Waals surface area contributed by atoms with Crippen molar-refractivity contribution in [3.8, 4) is 0 Å². The van der Waals surface area contributed by atoms with Gasteiger partial charge >= 0.3 is 0 Å². The average Bonchev–Trinajstić information content (AvgIpc) is 2.19. The molecule has 1 heterocycles. The lowest BCUT2D eigenvalue weighted by Gasteiger charge is -2.13. The van der Waals surface area contributed by atoms with Crippen molar-refractivity contribution >= 4 is 0 Å². The summed E-state index contributed by atoms with van der Waals surface area (Å²) in [4.78, 5) is 0. The number of rotatable bonds is 2. The first kappa shape index (κ1) is 8.97. The maximum atomic E-state index is 9.55. The fraction of sp³-hybridized carbons (Fsp3) is 1.00. The van der Waals surface area contributed by atoms with Gasteiger partial charge in [-0.3, -0.25) is 0 Å². The van der Waals surface area contributed by atoms with Crippen LogP contribution in [0.4, 0.5) is 0 Å². The Bertz CT molecular complexity index is 127. The smallest absolute Gasteiger partial charge is 0.107 e. The lowest BCUT2D eigenvalue weighted by molar-refractivity contribution is -0.0289. The van der Waals surface area contributed by atoms with E-state index in [0.717, 1.165) is 0 Å². The Morgan fingerprint density at radius 2 is 2.09 bits per heavy atom. The SMILES string of the molecule is COC[C@H]1O[C@@H](C)C(C)C1O. The van der Waals surface area contributed by atoms with Gasteiger partial charge in [-0.25, -0.2) is 0 Å². The first-order chi connectivity index (χ1) is 5.16. The molecule has 11 heavy (non-hydrogen) atoms. The van der Waals surface area contributed by atoms with E-state index in [1.54, 1.807) is 7.11 Å². The molecule has 4 atom stereocenters. The molecule has 0 radical (unpaired) electrons. The highest BCUT2D eigenvalue weighted by Crippen LogP contribution is 2.26. The number of methoxy groups -OCH3 is 1. The van der Waals surface area contributed by atoms with Crippen molar-refractivity contribution in [3.05, 3.63) is 0 Å². The van der Waals surface area contributed by atoms with Crippen molar-refractivity contribution in [3.63, 3.8) is 0 Å². The first-order valence-corrected chi connectivity index (χ1v) is 3.99. The highest BCUT2D eigenvalue weighted by Gasteiger charge is 2.37. The van der Waals surface area contributed by atoms with Gasteiger partial charge in [0.15, 0.2) is 0 Å². The molecule has 1 N–H and O–H groups in total. The van der Waals surface area contributed by atoms with E-state index >= 15 is 0 Å². The fourth-order valence-corrected chi connectivity index (χ4v) is 1.40. The fourth-order valence-electron chi connectivity index (χ4n) is 1.40. The number of hydrogen-bond acceptors (Lipinski definition) is 3. The summed E-state index contributed by atoms with van der Waals surface area (Å²) in [6.45, 7) is 4.45. The van der Waals surface area contributed by atoms with Gasteiger partial charge in [0.05, 0.1) is 18.8 Å². The van der Waals surface area contributed by atoms with E-state index in [1.165, 1.54) is 0 Å². The molecule has 1 rings (SSSR count). The van der Waals surface area contributed by atoms with Gasteiger partial charge in [-0.2, -0.15) is 0 Å². The molecule has 66 valence electrons. The largest absolute Gasteiger partial charge is 0.390 e. The second-order valence-corrected chi connectivity index (χ2v) is 3.18. The molecule has 3 heteroatoms. The molecule has 1 saturated heterocycles. The Morgan fingerprint density at radius 3 is 2.45 bits per heavy atom. The number of aliphatic hydroxyl groups excluding tert-OH is 1. The molecule has 1 aliphatic rings. The Morgan fingerprint density at radius 1 is 1.45 bits per heavy atom. The summed E-state index contributed by atoms with van der Waals surface area (Å²) >= 11 is 0. The Hall–Kier alpha value is -0.120. The summed E-state index contributed by atoms with van der Waals surface area (Å²) in [5, 5.41) is 9.55. The minimum atomic E-state index is -0.370. The third-order valence-corrected chi connectivity index (χ3v) is 2.38. The molecular weight excluding hydrogens is 144 g/mol. The molecule has 1 fully saturated rings. The molecule has 0 saturated carbocycles. The molecule has 0 spiro atoms. The average molecular weight is 160 g/mol. The van der Waals surface area contributed by atoms with Crippen molar-refractivity contribution in [2.24, 2.45) is 5.92 Å². The first-order valence-electron chi connectivity index (χ1n) is 3.99. The normalized spacial score (nSPS) is 44.7. The summed E-state index contributed by atoms with van der Waals surface area (Å²) in [6.07, 6.45) is -0.361. The zero-order valence-corrected chi connectivity index (χ0v) is 7.28. The lowest BCUT2D eigenvalue weighted by atomic mass is 10.00.